The number of likely N-dealkylation sites (N-methyl/N-ethyl adjacent to an activating group) is 1. The molecule has 0 saturated carbocycles. The van der Waals surface area contributed by atoms with Crippen molar-refractivity contribution < 1.29 is 23.9 Å². The lowest BCUT2D eigenvalue weighted by Crippen LogP contribution is -2.43. The zero-order valence-electron chi connectivity index (χ0n) is 17.5. The number of hydrogen-bond donors (Lipinski definition) is 2. The van der Waals surface area contributed by atoms with E-state index in [1.54, 1.807) is 12.1 Å². The van der Waals surface area contributed by atoms with Crippen molar-refractivity contribution in [3.8, 4) is 0 Å². The van der Waals surface area contributed by atoms with Crippen molar-refractivity contribution >= 4 is 23.9 Å². The molecule has 2 aliphatic heterocycles. The van der Waals surface area contributed by atoms with Crippen molar-refractivity contribution in [2.75, 3.05) is 26.7 Å². The number of rotatable bonds is 5. The van der Waals surface area contributed by atoms with Crippen LogP contribution in [0.5, 0.6) is 0 Å². The van der Waals surface area contributed by atoms with Crippen LogP contribution in [0.3, 0.4) is 0 Å². The van der Waals surface area contributed by atoms with Crippen molar-refractivity contribution in [3.05, 3.63) is 41.7 Å². The highest BCUT2D eigenvalue weighted by Gasteiger charge is 2.33. The molecule has 0 aromatic heterocycles. The molecule has 30 heavy (non-hydrogen) atoms. The van der Waals surface area contributed by atoms with E-state index < -0.39 is 0 Å². The Bertz CT molecular complexity index is 766. The van der Waals surface area contributed by atoms with Gasteiger partial charge in [0.1, 0.15) is 5.82 Å². The van der Waals surface area contributed by atoms with Crippen LogP contribution in [0.4, 0.5) is 4.39 Å². The van der Waals surface area contributed by atoms with Crippen LogP contribution in [0.25, 0.3) is 5.57 Å². The molecular formula is C22H30FN3O4. The Morgan fingerprint density at radius 1 is 1.23 bits per heavy atom. The predicted molar refractivity (Wildman–Crippen MR) is 112 cm³/mol. The van der Waals surface area contributed by atoms with Gasteiger partial charge in [0.15, 0.2) is 0 Å². The van der Waals surface area contributed by atoms with E-state index in [2.05, 4.69) is 16.3 Å². The van der Waals surface area contributed by atoms with Gasteiger partial charge in [-0.05, 0) is 49.6 Å². The van der Waals surface area contributed by atoms with Crippen LogP contribution in [0.1, 0.15) is 38.2 Å². The molecule has 8 heteroatoms. The number of hydrogen-bond acceptors (Lipinski definition) is 4. The van der Waals surface area contributed by atoms with Gasteiger partial charge in [-0.1, -0.05) is 18.2 Å². The Morgan fingerprint density at radius 3 is 2.43 bits per heavy atom. The highest BCUT2D eigenvalue weighted by Crippen LogP contribution is 2.27. The summed E-state index contributed by atoms with van der Waals surface area (Å²) in [5.41, 5.74) is 2.20. The standard InChI is InChI=1S/C21H28FN3O2.CH2O2/c1-15(26)23-14-20-8-7-19(24(20)2)13-21(27)25-11-9-17(10-12-25)16-3-5-18(22)6-4-16;2-1-3/h3-6,9,19-20H,7-8,10-14H2,1-2H3,(H,23,26);1H,(H,2,3)/t19-,20+;/m0./s1. The van der Waals surface area contributed by atoms with Crippen molar-refractivity contribution in [3.63, 3.8) is 0 Å². The summed E-state index contributed by atoms with van der Waals surface area (Å²) < 4.78 is 13.1. The lowest BCUT2D eigenvalue weighted by molar-refractivity contribution is -0.132. The van der Waals surface area contributed by atoms with Crippen molar-refractivity contribution in [2.45, 2.75) is 44.7 Å². The van der Waals surface area contributed by atoms with Gasteiger partial charge in [-0.15, -0.1) is 0 Å². The summed E-state index contributed by atoms with van der Waals surface area (Å²) in [4.78, 5) is 36.3. The minimum Gasteiger partial charge on any atom is -0.483 e. The quantitative estimate of drug-likeness (QED) is 0.714. The van der Waals surface area contributed by atoms with E-state index >= 15 is 0 Å². The van der Waals surface area contributed by atoms with E-state index in [1.807, 2.05) is 11.9 Å². The zero-order chi connectivity index (χ0) is 22.1. The van der Waals surface area contributed by atoms with E-state index in [0.29, 0.717) is 32.1 Å². The number of halogens is 1. The Hall–Kier alpha value is -2.74. The Morgan fingerprint density at radius 2 is 1.87 bits per heavy atom. The highest BCUT2D eigenvalue weighted by atomic mass is 19.1. The molecule has 0 spiro atoms. The van der Waals surface area contributed by atoms with Gasteiger partial charge in [-0.2, -0.15) is 0 Å². The smallest absolute Gasteiger partial charge is 0.290 e. The van der Waals surface area contributed by atoms with Crippen LogP contribution in [-0.2, 0) is 14.4 Å². The van der Waals surface area contributed by atoms with Gasteiger partial charge in [0.2, 0.25) is 11.8 Å². The SMILES string of the molecule is CC(=O)NC[C@H]1CC[C@@H](CC(=O)N2CC=C(c3ccc(F)cc3)CC2)N1C.O=CO. The van der Waals surface area contributed by atoms with Crippen molar-refractivity contribution in [1.82, 2.24) is 15.1 Å². The molecule has 2 aliphatic rings. The number of nitrogens with zero attached hydrogens (tertiary/aromatic N) is 2. The molecule has 3 rings (SSSR count). The number of nitrogens with one attached hydrogen (secondary N) is 1. The molecule has 0 radical (unpaired) electrons. The third kappa shape index (κ3) is 6.66. The predicted octanol–water partition coefficient (Wildman–Crippen LogP) is 2.13. The van der Waals surface area contributed by atoms with Crippen LogP contribution in [0.2, 0.25) is 0 Å². The molecule has 2 N–H and O–H groups in total. The van der Waals surface area contributed by atoms with Crippen LogP contribution in [-0.4, -0.2) is 72.0 Å². The van der Waals surface area contributed by atoms with Crippen molar-refractivity contribution in [2.24, 2.45) is 0 Å². The summed E-state index contributed by atoms with van der Waals surface area (Å²) in [7, 11) is 2.04. The normalized spacial score (nSPS) is 21.3. The molecule has 2 amide bonds. The molecule has 2 atom stereocenters. The second-order valence-electron chi connectivity index (χ2n) is 7.62. The number of amides is 2. The van der Waals surface area contributed by atoms with Crippen LogP contribution in [0, 0.1) is 5.82 Å². The van der Waals surface area contributed by atoms with E-state index in [0.717, 1.165) is 24.8 Å². The number of carboxylic acid groups (broad SMARTS) is 1. The number of likely N-dealkylation sites (tertiary alicyclic amines) is 1. The summed E-state index contributed by atoms with van der Waals surface area (Å²) in [6.07, 6.45) is 5.38. The average molecular weight is 419 g/mol. The Labute approximate surface area is 176 Å². The number of benzene rings is 1. The van der Waals surface area contributed by atoms with E-state index in [-0.39, 0.29) is 30.1 Å². The summed E-state index contributed by atoms with van der Waals surface area (Å²) in [6, 6.07) is 7.07. The molecule has 1 fully saturated rings. The lowest BCUT2D eigenvalue weighted by atomic mass is 9.99. The summed E-state index contributed by atoms with van der Waals surface area (Å²) >= 11 is 0. The average Bonchev–Trinajstić information content (AvgIpc) is 3.07. The topological polar surface area (TPSA) is 90.0 Å². The monoisotopic (exact) mass is 419 g/mol. The second-order valence-corrected chi connectivity index (χ2v) is 7.62. The van der Waals surface area contributed by atoms with Gasteiger partial charge < -0.3 is 15.3 Å². The Kier molecular flexibility index (Phi) is 8.98. The zero-order valence-corrected chi connectivity index (χ0v) is 17.5. The summed E-state index contributed by atoms with van der Waals surface area (Å²) in [5, 5.41) is 9.76. The fraction of sp³-hybridized carbons (Fsp3) is 0.500. The van der Waals surface area contributed by atoms with Gasteiger partial charge in [0.05, 0.1) is 0 Å². The number of carbonyl (C=O) groups is 3. The maximum Gasteiger partial charge on any atom is 0.290 e. The first-order chi connectivity index (χ1) is 14.3. The molecule has 0 unspecified atom stereocenters. The fourth-order valence-corrected chi connectivity index (χ4v) is 4.00. The molecule has 0 bridgehead atoms. The van der Waals surface area contributed by atoms with Gasteiger partial charge in [0.25, 0.3) is 6.47 Å². The van der Waals surface area contributed by atoms with Crippen LogP contribution in [0.15, 0.2) is 30.3 Å². The first-order valence-electron chi connectivity index (χ1n) is 10.1. The third-order valence-electron chi connectivity index (χ3n) is 5.76. The van der Waals surface area contributed by atoms with Gasteiger partial charge in [-0.25, -0.2) is 4.39 Å². The summed E-state index contributed by atoms with van der Waals surface area (Å²) in [5.74, 6) is -0.0640. The molecule has 1 aromatic carbocycles. The molecule has 1 saturated heterocycles. The first-order valence-corrected chi connectivity index (χ1v) is 10.1. The molecule has 164 valence electrons. The van der Waals surface area contributed by atoms with Crippen molar-refractivity contribution in [1.29, 1.82) is 0 Å². The molecule has 2 heterocycles. The van der Waals surface area contributed by atoms with Crippen LogP contribution >= 0.6 is 0 Å². The van der Waals surface area contributed by atoms with Gasteiger partial charge in [0, 0.05) is 45.1 Å². The number of carbonyl (C=O) groups excluding carboxylic acids is 2. The highest BCUT2D eigenvalue weighted by molar-refractivity contribution is 5.79. The minimum atomic E-state index is -0.250. The van der Waals surface area contributed by atoms with Crippen LogP contribution < -0.4 is 5.32 Å². The fourth-order valence-electron chi connectivity index (χ4n) is 4.00. The Balaban J connectivity index is 0.00000101. The molecule has 7 nitrogen and oxygen atoms in total. The first kappa shape index (κ1) is 23.5. The second kappa shape index (κ2) is 11.4. The molecule has 0 aliphatic carbocycles. The lowest BCUT2D eigenvalue weighted by Gasteiger charge is -2.30. The maximum atomic E-state index is 13.1. The molecule has 1 aromatic rings. The minimum absolute atomic E-state index is 0.0139. The largest absolute Gasteiger partial charge is 0.483 e. The third-order valence-corrected chi connectivity index (χ3v) is 5.76. The maximum absolute atomic E-state index is 13.1. The van der Waals surface area contributed by atoms with E-state index in [4.69, 9.17) is 9.90 Å². The van der Waals surface area contributed by atoms with E-state index in [1.165, 1.54) is 24.6 Å². The van der Waals surface area contributed by atoms with Gasteiger partial charge in [-0.3, -0.25) is 19.3 Å². The van der Waals surface area contributed by atoms with Gasteiger partial charge >= 0.3 is 0 Å². The van der Waals surface area contributed by atoms with E-state index in [9.17, 15) is 14.0 Å². The summed E-state index contributed by atoms with van der Waals surface area (Å²) in [6.45, 7) is 3.23. The molecular weight excluding hydrogens is 389 g/mol.